The maximum absolute atomic E-state index is 13.4. The lowest BCUT2D eigenvalue weighted by Crippen LogP contribution is -2.08. The third kappa shape index (κ3) is 1.83. The second-order valence-electron chi connectivity index (χ2n) is 4.12. The zero-order valence-corrected chi connectivity index (χ0v) is 10.2. The largest absolute Gasteiger partial charge is 0.478 e. The van der Waals surface area contributed by atoms with E-state index in [4.69, 9.17) is 4.74 Å². The van der Waals surface area contributed by atoms with Crippen molar-refractivity contribution in [2.24, 2.45) is 0 Å². The van der Waals surface area contributed by atoms with Gasteiger partial charge in [-0.3, -0.25) is 4.79 Å². The van der Waals surface area contributed by atoms with Gasteiger partial charge in [-0.15, -0.1) is 0 Å². The Balaban J connectivity index is 2.55. The molecule has 2 aromatic heterocycles. The van der Waals surface area contributed by atoms with E-state index >= 15 is 0 Å². The van der Waals surface area contributed by atoms with E-state index in [-0.39, 0.29) is 11.4 Å². The molecule has 0 amide bonds. The molecular weight excluding hydrogens is 247 g/mol. The van der Waals surface area contributed by atoms with E-state index < -0.39 is 0 Å². The predicted molar refractivity (Wildman–Crippen MR) is 71.0 cm³/mol. The van der Waals surface area contributed by atoms with E-state index in [1.54, 1.807) is 6.07 Å². The highest BCUT2D eigenvalue weighted by atomic mass is 19.1. The molecule has 3 rings (SSSR count). The number of fused-ring (bicyclic) bond motifs is 3. The second kappa shape index (κ2) is 4.35. The van der Waals surface area contributed by atoms with Gasteiger partial charge in [-0.1, -0.05) is 0 Å². The Morgan fingerprint density at radius 3 is 2.95 bits per heavy atom. The van der Waals surface area contributed by atoms with E-state index in [0.717, 1.165) is 0 Å². The molecule has 0 aliphatic heterocycles. The first-order chi connectivity index (χ1) is 9.20. The van der Waals surface area contributed by atoms with Crippen molar-refractivity contribution in [3.63, 3.8) is 0 Å². The van der Waals surface area contributed by atoms with Gasteiger partial charge in [-0.25, -0.2) is 9.37 Å². The summed E-state index contributed by atoms with van der Waals surface area (Å²) in [6.45, 7) is 2.26. The van der Waals surface area contributed by atoms with Crippen LogP contribution >= 0.6 is 0 Å². The zero-order chi connectivity index (χ0) is 13.4. The molecule has 0 saturated carbocycles. The van der Waals surface area contributed by atoms with Crippen LogP contribution in [0.1, 0.15) is 6.92 Å². The van der Waals surface area contributed by atoms with E-state index in [1.807, 2.05) is 6.92 Å². The Bertz CT molecular complexity index is 827. The molecule has 96 valence electrons. The van der Waals surface area contributed by atoms with Crippen LogP contribution in [0.5, 0.6) is 5.88 Å². The fourth-order valence-electron chi connectivity index (χ4n) is 2.16. The lowest BCUT2D eigenvalue weighted by atomic mass is 10.1. The maximum atomic E-state index is 13.4. The molecule has 0 aliphatic rings. The summed E-state index contributed by atoms with van der Waals surface area (Å²) in [7, 11) is 0. The smallest absolute Gasteiger partial charge is 0.256 e. The number of hydrogen-bond acceptors (Lipinski definition) is 3. The van der Waals surface area contributed by atoms with Crippen molar-refractivity contribution in [3.05, 3.63) is 46.6 Å². The lowest BCUT2D eigenvalue weighted by Gasteiger charge is -2.08. The van der Waals surface area contributed by atoms with Crippen LogP contribution in [0.25, 0.3) is 21.7 Å². The van der Waals surface area contributed by atoms with E-state index in [1.165, 1.54) is 24.4 Å². The van der Waals surface area contributed by atoms with Gasteiger partial charge in [0.05, 0.1) is 17.4 Å². The number of pyridine rings is 2. The summed E-state index contributed by atoms with van der Waals surface area (Å²) in [5.41, 5.74) is 0.324. The van der Waals surface area contributed by atoms with Crippen LogP contribution in [0, 0.1) is 5.82 Å². The zero-order valence-electron chi connectivity index (χ0n) is 10.2. The number of hydrogen-bond donors (Lipinski definition) is 1. The highest BCUT2D eigenvalue weighted by Gasteiger charge is 2.11. The first-order valence-electron chi connectivity index (χ1n) is 5.93. The Morgan fingerprint density at radius 1 is 1.32 bits per heavy atom. The minimum absolute atomic E-state index is 0.238. The summed E-state index contributed by atoms with van der Waals surface area (Å²) in [5, 5.41) is 1.57. The number of halogens is 1. The highest BCUT2D eigenvalue weighted by molar-refractivity contribution is 6.07. The fourth-order valence-corrected chi connectivity index (χ4v) is 2.16. The summed E-state index contributed by atoms with van der Waals surface area (Å²) in [6, 6.07) is 5.81. The molecular formula is C14H11FN2O2. The number of rotatable bonds is 2. The molecule has 5 heteroatoms. The molecule has 0 aliphatic carbocycles. The summed E-state index contributed by atoms with van der Waals surface area (Å²) in [5.74, 6) is -0.0196. The molecule has 1 aromatic carbocycles. The Hall–Kier alpha value is -2.43. The normalized spacial score (nSPS) is 11.1. The van der Waals surface area contributed by atoms with Gasteiger partial charge in [0.1, 0.15) is 5.82 Å². The number of nitrogens with one attached hydrogen (secondary N) is 1. The molecule has 0 saturated heterocycles. The Morgan fingerprint density at radius 2 is 2.16 bits per heavy atom. The van der Waals surface area contributed by atoms with E-state index in [0.29, 0.717) is 34.2 Å². The van der Waals surface area contributed by atoms with Crippen LogP contribution in [0.2, 0.25) is 0 Å². The van der Waals surface area contributed by atoms with Gasteiger partial charge >= 0.3 is 0 Å². The molecule has 0 spiro atoms. The van der Waals surface area contributed by atoms with Crippen molar-refractivity contribution in [2.45, 2.75) is 6.92 Å². The molecule has 1 N–H and O–H groups in total. The third-order valence-electron chi connectivity index (χ3n) is 2.94. The number of ether oxygens (including phenoxy) is 1. The number of nitrogens with zero attached hydrogens (tertiary/aromatic N) is 1. The van der Waals surface area contributed by atoms with Gasteiger partial charge < -0.3 is 9.72 Å². The average Bonchev–Trinajstić information content (AvgIpc) is 2.40. The van der Waals surface area contributed by atoms with Gasteiger partial charge in [0.25, 0.3) is 5.56 Å². The minimum Gasteiger partial charge on any atom is -0.478 e. The van der Waals surface area contributed by atoms with Gasteiger partial charge in [0, 0.05) is 17.1 Å². The first kappa shape index (κ1) is 11.6. The van der Waals surface area contributed by atoms with Crippen molar-refractivity contribution < 1.29 is 9.13 Å². The molecule has 19 heavy (non-hydrogen) atoms. The third-order valence-corrected chi connectivity index (χ3v) is 2.94. The van der Waals surface area contributed by atoms with Gasteiger partial charge in [-0.2, -0.15) is 0 Å². The molecule has 2 heterocycles. The van der Waals surface area contributed by atoms with Crippen molar-refractivity contribution in [1.29, 1.82) is 0 Å². The predicted octanol–water partition coefficient (Wildman–Crippen LogP) is 2.61. The summed E-state index contributed by atoms with van der Waals surface area (Å²) >= 11 is 0. The van der Waals surface area contributed by atoms with Crippen LogP contribution < -0.4 is 10.3 Å². The fraction of sp³-hybridized carbons (Fsp3) is 0.143. The van der Waals surface area contributed by atoms with Crippen molar-refractivity contribution in [2.75, 3.05) is 6.61 Å². The first-order valence-corrected chi connectivity index (χ1v) is 5.93. The van der Waals surface area contributed by atoms with Crippen LogP contribution in [0.3, 0.4) is 0 Å². The van der Waals surface area contributed by atoms with Gasteiger partial charge in [0.15, 0.2) is 0 Å². The Kier molecular flexibility index (Phi) is 2.67. The molecule has 3 aromatic rings. The molecule has 0 unspecified atom stereocenters. The minimum atomic E-state index is -0.368. The monoisotopic (exact) mass is 258 g/mol. The quantitative estimate of drug-likeness (QED) is 0.719. The molecule has 0 bridgehead atoms. The standard InChI is InChI=1S/C14H11FN2O2/c1-2-19-14-12-9(5-6-16-14)13(18)17-11-4-3-8(15)7-10(11)12/h3-7H,2H2,1H3,(H,17,18). The number of benzene rings is 1. The summed E-state index contributed by atoms with van der Waals surface area (Å²) < 4.78 is 18.9. The number of aromatic amines is 1. The lowest BCUT2D eigenvalue weighted by molar-refractivity contribution is 0.331. The molecule has 4 nitrogen and oxygen atoms in total. The number of H-pyrrole nitrogens is 1. The van der Waals surface area contributed by atoms with Crippen LogP contribution in [-0.4, -0.2) is 16.6 Å². The Labute approximate surface area is 107 Å². The molecule has 0 radical (unpaired) electrons. The van der Waals surface area contributed by atoms with Gasteiger partial charge in [-0.05, 0) is 31.2 Å². The van der Waals surface area contributed by atoms with Crippen LogP contribution in [0.4, 0.5) is 4.39 Å². The topological polar surface area (TPSA) is 55.0 Å². The summed E-state index contributed by atoms with van der Waals surface area (Å²) in [6.07, 6.45) is 1.51. The van der Waals surface area contributed by atoms with Crippen molar-refractivity contribution in [1.82, 2.24) is 9.97 Å². The van der Waals surface area contributed by atoms with E-state index in [2.05, 4.69) is 9.97 Å². The second-order valence-corrected chi connectivity index (χ2v) is 4.12. The molecule has 0 atom stereocenters. The maximum Gasteiger partial charge on any atom is 0.256 e. The SMILES string of the molecule is CCOc1nccc2c(=O)[nH]c3ccc(F)cc3c12. The highest BCUT2D eigenvalue weighted by Crippen LogP contribution is 2.28. The van der Waals surface area contributed by atoms with Crippen LogP contribution in [-0.2, 0) is 0 Å². The molecule has 0 fully saturated rings. The van der Waals surface area contributed by atoms with Gasteiger partial charge in [0.2, 0.25) is 5.88 Å². The van der Waals surface area contributed by atoms with Crippen molar-refractivity contribution >= 4 is 21.7 Å². The average molecular weight is 258 g/mol. The van der Waals surface area contributed by atoms with E-state index in [9.17, 15) is 9.18 Å². The number of aromatic nitrogens is 2. The van der Waals surface area contributed by atoms with Crippen molar-refractivity contribution in [3.8, 4) is 5.88 Å². The summed E-state index contributed by atoms with van der Waals surface area (Å²) in [4.78, 5) is 18.8. The van der Waals surface area contributed by atoms with Crippen LogP contribution in [0.15, 0.2) is 35.3 Å².